The summed E-state index contributed by atoms with van der Waals surface area (Å²) in [5.74, 6) is 0. The van der Waals surface area contributed by atoms with E-state index in [1.807, 2.05) is 0 Å². The number of benzene rings is 4. The molecule has 2 atom stereocenters. The van der Waals surface area contributed by atoms with Gasteiger partial charge in [0.05, 0.1) is 0 Å². The molecule has 0 spiro atoms. The summed E-state index contributed by atoms with van der Waals surface area (Å²) in [6.07, 6.45) is 4.73. The standard InChI is InChI=1S/C33H35NOP2/c1-5-13-27(14-6-1)32-21-22-33(28-15-7-2-8-16-28)37(32)34(29-23-25-35-26-24-29)36(30-17-9-3-10-18-30)31-19-11-4-12-20-31/h1-20,29,32-33H,21-26H2/t32-,33-/m1/s1. The van der Waals surface area contributed by atoms with E-state index in [4.69, 9.17) is 4.74 Å². The van der Waals surface area contributed by atoms with Gasteiger partial charge in [-0.15, -0.1) is 0 Å². The first-order valence-electron chi connectivity index (χ1n) is 13.6. The molecule has 0 N–H and O–H groups in total. The van der Waals surface area contributed by atoms with Gasteiger partial charge in [-0.2, -0.15) is 0 Å². The fraction of sp³-hybridized carbons (Fsp3) is 0.273. The molecule has 0 aromatic heterocycles. The molecule has 0 saturated carbocycles. The van der Waals surface area contributed by atoms with Crippen LogP contribution in [0.4, 0.5) is 0 Å². The van der Waals surface area contributed by atoms with E-state index in [0.717, 1.165) is 26.1 Å². The minimum atomic E-state index is -0.676. The molecule has 0 unspecified atom stereocenters. The third-order valence-electron chi connectivity index (χ3n) is 7.68. The summed E-state index contributed by atoms with van der Waals surface area (Å²) in [5, 5.41) is 2.92. The summed E-state index contributed by atoms with van der Waals surface area (Å²) >= 11 is 0. The van der Waals surface area contributed by atoms with Gasteiger partial charge in [-0.3, -0.25) is 0 Å². The minimum Gasteiger partial charge on any atom is -0.381 e. The zero-order chi connectivity index (χ0) is 24.9. The largest absolute Gasteiger partial charge is 0.381 e. The quantitative estimate of drug-likeness (QED) is 0.227. The average Bonchev–Trinajstić information content (AvgIpc) is 3.43. The molecule has 2 nitrogen and oxygen atoms in total. The first-order valence-corrected chi connectivity index (χ1v) is 16.3. The van der Waals surface area contributed by atoms with Crippen LogP contribution in [0.2, 0.25) is 0 Å². The highest BCUT2D eigenvalue weighted by molar-refractivity contribution is 7.79. The Bertz CT molecular complexity index is 1150. The van der Waals surface area contributed by atoms with E-state index in [0.29, 0.717) is 17.4 Å². The van der Waals surface area contributed by atoms with Crippen molar-refractivity contribution in [3.05, 3.63) is 132 Å². The summed E-state index contributed by atoms with van der Waals surface area (Å²) in [6, 6.07) is 45.9. The predicted octanol–water partition coefficient (Wildman–Crippen LogP) is 8.19. The molecule has 4 heteroatoms. The summed E-state index contributed by atoms with van der Waals surface area (Å²) in [4.78, 5) is 0. The van der Waals surface area contributed by atoms with E-state index in [9.17, 15) is 0 Å². The molecule has 0 radical (unpaired) electrons. The number of hydrogen-bond donors (Lipinski definition) is 0. The van der Waals surface area contributed by atoms with Gasteiger partial charge in [0, 0.05) is 38.6 Å². The smallest absolute Gasteiger partial charge is 0.0481 e. The Hall–Kier alpha value is -2.34. The maximum absolute atomic E-state index is 5.91. The normalized spacial score (nSPS) is 21.0. The van der Waals surface area contributed by atoms with Crippen LogP contribution < -0.4 is 10.6 Å². The SMILES string of the molecule is c1ccc([C@H]2CC[C@H](c3ccccc3)P2N(C2CCOCC2)P(c2ccccc2)c2ccccc2)cc1. The fourth-order valence-corrected chi connectivity index (χ4v) is 13.8. The zero-order valence-corrected chi connectivity index (χ0v) is 23.1. The summed E-state index contributed by atoms with van der Waals surface area (Å²) in [5.41, 5.74) is 4.17. The van der Waals surface area contributed by atoms with E-state index in [1.54, 1.807) is 0 Å². The third kappa shape index (κ3) is 5.45. The summed E-state index contributed by atoms with van der Waals surface area (Å²) in [6.45, 7) is 1.73. The third-order valence-corrected chi connectivity index (χ3v) is 14.3. The average molecular weight is 524 g/mol. The van der Waals surface area contributed by atoms with Gasteiger partial charge in [-0.05, 0) is 55.5 Å². The molecule has 4 aromatic rings. The van der Waals surface area contributed by atoms with Crippen molar-refractivity contribution in [2.45, 2.75) is 43.0 Å². The Labute approximate surface area is 224 Å². The van der Waals surface area contributed by atoms with Crippen molar-refractivity contribution in [2.24, 2.45) is 0 Å². The number of rotatable bonds is 7. The predicted molar refractivity (Wildman–Crippen MR) is 159 cm³/mol. The van der Waals surface area contributed by atoms with Crippen molar-refractivity contribution in [1.29, 1.82) is 0 Å². The van der Waals surface area contributed by atoms with Crippen LogP contribution in [0, 0.1) is 0 Å². The van der Waals surface area contributed by atoms with Gasteiger partial charge >= 0.3 is 0 Å². The Morgan fingerprint density at radius 3 is 1.38 bits per heavy atom. The highest BCUT2D eigenvalue weighted by Gasteiger charge is 2.46. The van der Waals surface area contributed by atoms with Gasteiger partial charge < -0.3 is 4.74 Å². The lowest BCUT2D eigenvalue weighted by Gasteiger charge is -2.47. The molecule has 2 aliphatic rings. The zero-order valence-electron chi connectivity index (χ0n) is 21.3. The van der Waals surface area contributed by atoms with Gasteiger partial charge in [-0.25, -0.2) is 4.44 Å². The summed E-state index contributed by atoms with van der Waals surface area (Å²) in [7, 11) is -1.17. The molecule has 0 amide bonds. The van der Waals surface area contributed by atoms with Crippen LogP contribution in [-0.2, 0) is 4.74 Å². The monoisotopic (exact) mass is 523 g/mol. The maximum atomic E-state index is 5.91. The van der Waals surface area contributed by atoms with Gasteiger partial charge in [-0.1, -0.05) is 121 Å². The highest BCUT2D eigenvalue weighted by Crippen LogP contribution is 2.77. The molecule has 2 fully saturated rings. The van der Waals surface area contributed by atoms with Crippen molar-refractivity contribution >= 4 is 26.8 Å². The summed E-state index contributed by atoms with van der Waals surface area (Å²) < 4.78 is 8.98. The topological polar surface area (TPSA) is 12.5 Å². The molecule has 6 rings (SSSR count). The number of hydrogen-bond acceptors (Lipinski definition) is 2. The second kappa shape index (κ2) is 12.0. The minimum absolute atomic E-state index is 0.491. The van der Waals surface area contributed by atoms with Crippen molar-refractivity contribution in [1.82, 2.24) is 4.44 Å². The molecule has 0 bridgehead atoms. The van der Waals surface area contributed by atoms with Crippen molar-refractivity contribution in [3.8, 4) is 0 Å². The Morgan fingerprint density at radius 1 is 0.541 bits per heavy atom. The Balaban J connectivity index is 1.54. The molecular weight excluding hydrogens is 488 g/mol. The van der Waals surface area contributed by atoms with Crippen LogP contribution in [-0.4, -0.2) is 23.7 Å². The second-order valence-corrected chi connectivity index (χ2v) is 14.8. The van der Waals surface area contributed by atoms with Gasteiger partial charge in [0.25, 0.3) is 0 Å². The fourth-order valence-electron chi connectivity index (χ4n) is 5.97. The lowest BCUT2D eigenvalue weighted by atomic mass is 10.0. The number of nitrogens with zero attached hydrogens (tertiary/aromatic N) is 1. The lowest BCUT2D eigenvalue weighted by molar-refractivity contribution is 0.0725. The van der Waals surface area contributed by atoms with Crippen LogP contribution in [0.15, 0.2) is 121 Å². The van der Waals surface area contributed by atoms with Crippen molar-refractivity contribution in [3.63, 3.8) is 0 Å². The molecule has 2 aliphatic heterocycles. The van der Waals surface area contributed by atoms with Crippen molar-refractivity contribution < 1.29 is 4.74 Å². The highest BCUT2D eigenvalue weighted by atomic mass is 31.2. The Kier molecular flexibility index (Phi) is 8.11. The molecule has 0 aliphatic carbocycles. The molecular formula is C33H35NOP2. The second-order valence-electron chi connectivity index (χ2n) is 9.96. The van der Waals surface area contributed by atoms with Crippen LogP contribution in [0.1, 0.15) is 48.1 Å². The van der Waals surface area contributed by atoms with Gasteiger partial charge in [0.2, 0.25) is 0 Å². The molecule has 188 valence electrons. The maximum Gasteiger partial charge on any atom is 0.0481 e. The van der Waals surface area contributed by atoms with E-state index >= 15 is 0 Å². The van der Waals surface area contributed by atoms with E-state index < -0.39 is 16.1 Å². The van der Waals surface area contributed by atoms with E-state index in [-0.39, 0.29) is 0 Å². The van der Waals surface area contributed by atoms with Gasteiger partial charge in [0.15, 0.2) is 0 Å². The van der Waals surface area contributed by atoms with E-state index in [1.165, 1.54) is 34.6 Å². The van der Waals surface area contributed by atoms with Crippen molar-refractivity contribution in [2.75, 3.05) is 13.2 Å². The van der Waals surface area contributed by atoms with Crippen LogP contribution in [0.5, 0.6) is 0 Å². The number of ether oxygens (including phenoxy) is 1. The molecule has 2 heterocycles. The van der Waals surface area contributed by atoms with Crippen LogP contribution in [0.3, 0.4) is 0 Å². The molecule has 2 saturated heterocycles. The first-order chi connectivity index (χ1) is 18.4. The molecule has 37 heavy (non-hydrogen) atoms. The van der Waals surface area contributed by atoms with Crippen LogP contribution >= 0.6 is 16.1 Å². The first kappa shape index (κ1) is 25.0. The van der Waals surface area contributed by atoms with E-state index in [2.05, 4.69) is 126 Å². The van der Waals surface area contributed by atoms with Crippen LogP contribution in [0.25, 0.3) is 0 Å². The lowest BCUT2D eigenvalue weighted by Crippen LogP contribution is -2.38. The molecule has 4 aromatic carbocycles. The van der Waals surface area contributed by atoms with Gasteiger partial charge in [0.1, 0.15) is 0 Å². The Morgan fingerprint density at radius 2 is 0.946 bits per heavy atom.